The van der Waals surface area contributed by atoms with Crippen LogP contribution in [-0.4, -0.2) is 43.2 Å². The van der Waals surface area contributed by atoms with Crippen LogP contribution in [-0.2, 0) is 14.3 Å². The Morgan fingerprint density at radius 1 is 1.21 bits per heavy atom. The van der Waals surface area contributed by atoms with Crippen LogP contribution >= 0.6 is 15.9 Å². The SMILES string of the molecule is C[C@H](NC(=O)c1ccc(Br)cc1)C(=O)OCC(=O)NCC(F)(F)F. The van der Waals surface area contributed by atoms with Gasteiger partial charge in [0.1, 0.15) is 12.6 Å². The number of carbonyl (C=O) groups is 3. The molecule has 0 saturated carbocycles. The highest BCUT2D eigenvalue weighted by atomic mass is 79.9. The summed E-state index contributed by atoms with van der Waals surface area (Å²) in [5.41, 5.74) is 0.306. The number of carbonyl (C=O) groups excluding carboxylic acids is 3. The van der Waals surface area contributed by atoms with Gasteiger partial charge >= 0.3 is 12.1 Å². The van der Waals surface area contributed by atoms with Crippen LogP contribution in [0.1, 0.15) is 17.3 Å². The van der Waals surface area contributed by atoms with Crippen molar-refractivity contribution in [3.63, 3.8) is 0 Å². The minimum Gasteiger partial charge on any atom is -0.454 e. The number of halogens is 4. The van der Waals surface area contributed by atoms with Gasteiger partial charge in [-0.25, -0.2) is 4.79 Å². The topological polar surface area (TPSA) is 84.5 Å². The van der Waals surface area contributed by atoms with Gasteiger partial charge < -0.3 is 15.4 Å². The molecule has 132 valence electrons. The summed E-state index contributed by atoms with van der Waals surface area (Å²) in [5.74, 6) is -2.57. The normalized spacial score (nSPS) is 12.2. The summed E-state index contributed by atoms with van der Waals surface area (Å²) in [5, 5.41) is 3.91. The van der Waals surface area contributed by atoms with Gasteiger partial charge in [0.05, 0.1) is 0 Å². The van der Waals surface area contributed by atoms with Gasteiger partial charge in [-0.05, 0) is 31.2 Å². The Labute approximate surface area is 143 Å². The maximum absolute atomic E-state index is 11.9. The molecule has 0 unspecified atom stereocenters. The fourth-order valence-corrected chi connectivity index (χ4v) is 1.72. The van der Waals surface area contributed by atoms with Crippen molar-refractivity contribution in [1.82, 2.24) is 10.6 Å². The molecule has 1 aromatic rings. The van der Waals surface area contributed by atoms with Crippen LogP contribution in [0.5, 0.6) is 0 Å². The van der Waals surface area contributed by atoms with E-state index < -0.39 is 43.2 Å². The molecule has 0 heterocycles. The van der Waals surface area contributed by atoms with E-state index in [-0.39, 0.29) is 0 Å². The highest BCUT2D eigenvalue weighted by molar-refractivity contribution is 9.10. The average Bonchev–Trinajstić information content (AvgIpc) is 2.50. The monoisotopic (exact) mass is 410 g/mol. The second-order valence-electron chi connectivity index (χ2n) is 4.70. The molecule has 1 rings (SSSR count). The minimum atomic E-state index is -4.55. The zero-order valence-corrected chi connectivity index (χ0v) is 14.0. The summed E-state index contributed by atoms with van der Waals surface area (Å²) in [6.45, 7) is -1.06. The van der Waals surface area contributed by atoms with Crippen LogP contribution in [0.4, 0.5) is 13.2 Å². The predicted molar refractivity (Wildman–Crippen MR) is 81.1 cm³/mol. The number of benzene rings is 1. The van der Waals surface area contributed by atoms with Gasteiger partial charge in [0.2, 0.25) is 0 Å². The zero-order valence-electron chi connectivity index (χ0n) is 12.4. The first-order valence-electron chi connectivity index (χ1n) is 6.65. The fourth-order valence-electron chi connectivity index (χ4n) is 1.45. The lowest BCUT2D eigenvalue weighted by Gasteiger charge is -2.14. The Morgan fingerprint density at radius 2 is 1.79 bits per heavy atom. The smallest absolute Gasteiger partial charge is 0.405 e. The molecule has 0 radical (unpaired) electrons. The van der Waals surface area contributed by atoms with Crippen molar-refractivity contribution in [2.24, 2.45) is 0 Å². The third-order valence-electron chi connectivity index (χ3n) is 2.64. The van der Waals surface area contributed by atoms with Gasteiger partial charge in [-0.15, -0.1) is 0 Å². The fraction of sp³-hybridized carbons (Fsp3) is 0.357. The first-order chi connectivity index (χ1) is 11.1. The minimum absolute atomic E-state index is 0.306. The molecule has 0 aliphatic carbocycles. The van der Waals surface area contributed by atoms with E-state index in [9.17, 15) is 27.6 Å². The first kappa shape index (κ1) is 19.9. The number of nitrogens with one attached hydrogen (secondary N) is 2. The lowest BCUT2D eigenvalue weighted by molar-refractivity contribution is -0.152. The highest BCUT2D eigenvalue weighted by Gasteiger charge is 2.28. The molecule has 0 spiro atoms. The van der Waals surface area contributed by atoms with Gasteiger partial charge in [0.15, 0.2) is 6.61 Å². The highest BCUT2D eigenvalue weighted by Crippen LogP contribution is 2.12. The molecule has 0 fully saturated rings. The molecule has 6 nitrogen and oxygen atoms in total. The van der Waals surface area contributed by atoms with Crippen LogP contribution in [0.3, 0.4) is 0 Å². The van der Waals surface area contributed by atoms with Crippen molar-refractivity contribution in [3.05, 3.63) is 34.3 Å². The lowest BCUT2D eigenvalue weighted by atomic mass is 10.2. The third kappa shape index (κ3) is 7.44. The number of ether oxygens (including phenoxy) is 1. The van der Waals surface area contributed by atoms with Gasteiger partial charge in [-0.2, -0.15) is 13.2 Å². The Kier molecular flexibility index (Phi) is 7.20. The average molecular weight is 411 g/mol. The summed E-state index contributed by atoms with van der Waals surface area (Å²) in [6, 6.07) is 5.27. The molecule has 24 heavy (non-hydrogen) atoms. The summed E-state index contributed by atoms with van der Waals surface area (Å²) < 4.78 is 41.0. The number of alkyl halides is 3. The zero-order chi connectivity index (χ0) is 18.3. The molecule has 1 atom stereocenters. The molecule has 0 aromatic heterocycles. The van der Waals surface area contributed by atoms with E-state index in [1.165, 1.54) is 19.1 Å². The van der Waals surface area contributed by atoms with E-state index in [4.69, 9.17) is 0 Å². The number of hydrogen-bond donors (Lipinski definition) is 2. The molecule has 0 bridgehead atoms. The van der Waals surface area contributed by atoms with Crippen LogP contribution in [0.15, 0.2) is 28.7 Å². The largest absolute Gasteiger partial charge is 0.454 e. The second-order valence-corrected chi connectivity index (χ2v) is 5.62. The summed E-state index contributed by atoms with van der Waals surface area (Å²) >= 11 is 3.21. The molecular weight excluding hydrogens is 397 g/mol. The van der Waals surface area contributed by atoms with Crippen molar-refractivity contribution in [1.29, 1.82) is 0 Å². The van der Waals surface area contributed by atoms with Crippen LogP contribution in [0.2, 0.25) is 0 Å². The molecule has 2 N–H and O–H groups in total. The van der Waals surface area contributed by atoms with Crippen molar-refractivity contribution in [3.8, 4) is 0 Å². The summed E-state index contributed by atoms with van der Waals surface area (Å²) in [7, 11) is 0. The molecule has 0 aliphatic rings. The summed E-state index contributed by atoms with van der Waals surface area (Å²) in [6.07, 6.45) is -4.55. The van der Waals surface area contributed by atoms with Crippen molar-refractivity contribution < 1.29 is 32.3 Å². The number of esters is 1. The van der Waals surface area contributed by atoms with Crippen molar-refractivity contribution in [2.45, 2.75) is 19.1 Å². The van der Waals surface area contributed by atoms with Crippen LogP contribution < -0.4 is 10.6 Å². The number of rotatable bonds is 6. The Hall–Kier alpha value is -2.10. The third-order valence-corrected chi connectivity index (χ3v) is 3.17. The van der Waals surface area contributed by atoms with Gasteiger partial charge in [0.25, 0.3) is 11.8 Å². The number of hydrogen-bond acceptors (Lipinski definition) is 4. The van der Waals surface area contributed by atoms with E-state index in [1.54, 1.807) is 17.4 Å². The molecule has 10 heteroatoms. The molecular formula is C14H14BrF3N2O4. The lowest BCUT2D eigenvalue weighted by Crippen LogP contribution is -2.41. The first-order valence-corrected chi connectivity index (χ1v) is 7.44. The van der Waals surface area contributed by atoms with Crippen LogP contribution in [0.25, 0.3) is 0 Å². The van der Waals surface area contributed by atoms with Crippen molar-refractivity contribution >= 4 is 33.7 Å². The van der Waals surface area contributed by atoms with Crippen LogP contribution in [0, 0.1) is 0 Å². The van der Waals surface area contributed by atoms with Crippen molar-refractivity contribution in [2.75, 3.05) is 13.2 Å². The summed E-state index contributed by atoms with van der Waals surface area (Å²) in [4.78, 5) is 34.6. The van der Waals surface area contributed by atoms with E-state index in [2.05, 4.69) is 26.0 Å². The molecule has 0 aliphatic heterocycles. The van der Waals surface area contributed by atoms with E-state index in [0.717, 1.165) is 4.47 Å². The van der Waals surface area contributed by atoms with Gasteiger partial charge in [0, 0.05) is 10.0 Å². The van der Waals surface area contributed by atoms with E-state index in [0.29, 0.717) is 5.56 Å². The standard InChI is InChI=1S/C14H14BrF3N2O4/c1-8(20-12(22)9-2-4-10(15)5-3-9)13(23)24-6-11(21)19-7-14(16,17)18/h2-5,8H,6-7H2,1H3,(H,19,21)(H,20,22)/t8-/m0/s1. The second kappa shape index (κ2) is 8.67. The Bertz CT molecular complexity index is 605. The Morgan fingerprint density at radius 3 is 2.33 bits per heavy atom. The predicted octanol–water partition coefficient (Wildman–Crippen LogP) is 1.79. The maximum Gasteiger partial charge on any atom is 0.405 e. The van der Waals surface area contributed by atoms with Gasteiger partial charge in [-0.1, -0.05) is 15.9 Å². The van der Waals surface area contributed by atoms with E-state index >= 15 is 0 Å². The molecule has 0 saturated heterocycles. The molecule has 2 amide bonds. The van der Waals surface area contributed by atoms with E-state index in [1.807, 2.05) is 0 Å². The number of amides is 2. The Balaban J connectivity index is 2.40. The quantitative estimate of drug-likeness (QED) is 0.700. The maximum atomic E-state index is 11.9. The molecule has 1 aromatic carbocycles. The van der Waals surface area contributed by atoms with Gasteiger partial charge in [-0.3, -0.25) is 9.59 Å².